The van der Waals surface area contributed by atoms with Crippen LogP contribution in [0.2, 0.25) is 0 Å². The lowest BCUT2D eigenvalue weighted by molar-refractivity contribution is -0.129. The molecule has 0 fully saturated rings. The summed E-state index contributed by atoms with van der Waals surface area (Å²) in [6.45, 7) is 1.27. The molecule has 0 bridgehead atoms. The van der Waals surface area contributed by atoms with Crippen molar-refractivity contribution < 1.29 is 13.2 Å². The maximum atomic E-state index is 12.5. The highest BCUT2D eigenvalue weighted by atomic mass is 19.4. The quantitative estimate of drug-likeness (QED) is 0.888. The van der Waals surface area contributed by atoms with Crippen LogP contribution in [0.3, 0.4) is 0 Å². The van der Waals surface area contributed by atoms with Gasteiger partial charge in [-0.15, -0.1) is 0 Å². The molecular weight excluding hydrogens is 253 g/mol. The first kappa shape index (κ1) is 14.3. The molecule has 0 saturated heterocycles. The van der Waals surface area contributed by atoms with E-state index in [2.05, 4.69) is 12.2 Å². The zero-order valence-corrected chi connectivity index (χ0v) is 10.9. The Morgan fingerprint density at radius 2 is 2.05 bits per heavy atom. The first-order valence-corrected chi connectivity index (χ1v) is 6.49. The third-order valence-electron chi connectivity index (χ3n) is 3.99. The second-order valence-corrected chi connectivity index (χ2v) is 5.28. The standard InChI is InChI=1S/C14H19F3N2/c1-10-6-7-13(8-18,19-9-14(15,16)17)12-5-3-2-4-11(10)12/h2-5,10,19H,6-9,18H2,1H3. The lowest BCUT2D eigenvalue weighted by Gasteiger charge is -2.41. The second kappa shape index (κ2) is 5.13. The van der Waals surface area contributed by atoms with Gasteiger partial charge in [0.2, 0.25) is 0 Å². The molecule has 2 unspecified atom stereocenters. The number of fused-ring (bicyclic) bond motifs is 1. The van der Waals surface area contributed by atoms with Crippen molar-refractivity contribution in [2.75, 3.05) is 13.1 Å². The number of hydrogen-bond acceptors (Lipinski definition) is 2. The first-order valence-electron chi connectivity index (χ1n) is 6.49. The van der Waals surface area contributed by atoms with Crippen LogP contribution < -0.4 is 11.1 Å². The minimum atomic E-state index is -4.22. The number of halogens is 3. The summed E-state index contributed by atoms with van der Waals surface area (Å²) in [6.07, 6.45) is -2.74. The monoisotopic (exact) mass is 272 g/mol. The van der Waals surface area contributed by atoms with Crippen LogP contribution in [0.5, 0.6) is 0 Å². The maximum absolute atomic E-state index is 12.5. The van der Waals surface area contributed by atoms with E-state index in [1.54, 1.807) is 0 Å². The molecule has 0 aromatic heterocycles. The van der Waals surface area contributed by atoms with Crippen molar-refractivity contribution in [3.63, 3.8) is 0 Å². The third kappa shape index (κ3) is 2.92. The fraction of sp³-hybridized carbons (Fsp3) is 0.571. The van der Waals surface area contributed by atoms with Crippen LogP contribution in [0.25, 0.3) is 0 Å². The SMILES string of the molecule is CC1CCC(CN)(NCC(F)(F)F)c2ccccc21. The third-order valence-corrected chi connectivity index (χ3v) is 3.99. The van der Waals surface area contributed by atoms with Gasteiger partial charge in [0.05, 0.1) is 12.1 Å². The highest BCUT2D eigenvalue weighted by Crippen LogP contribution is 2.40. The Kier molecular flexibility index (Phi) is 3.87. The summed E-state index contributed by atoms with van der Waals surface area (Å²) in [5.41, 5.74) is 7.07. The molecule has 0 aliphatic heterocycles. The second-order valence-electron chi connectivity index (χ2n) is 5.28. The Hall–Kier alpha value is -1.07. The van der Waals surface area contributed by atoms with E-state index in [1.807, 2.05) is 24.3 Å². The van der Waals surface area contributed by atoms with E-state index >= 15 is 0 Å². The molecule has 2 nitrogen and oxygen atoms in total. The molecule has 0 amide bonds. The van der Waals surface area contributed by atoms with Gasteiger partial charge in [-0.2, -0.15) is 13.2 Å². The van der Waals surface area contributed by atoms with Crippen molar-refractivity contribution >= 4 is 0 Å². The minimum absolute atomic E-state index is 0.173. The van der Waals surface area contributed by atoms with E-state index < -0.39 is 18.3 Å². The molecule has 19 heavy (non-hydrogen) atoms. The predicted molar refractivity (Wildman–Crippen MR) is 68.9 cm³/mol. The number of nitrogens with one attached hydrogen (secondary N) is 1. The highest BCUT2D eigenvalue weighted by Gasteiger charge is 2.40. The predicted octanol–water partition coefficient (Wildman–Crippen LogP) is 2.89. The van der Waals surface area contributed by atoms with Crippen LogP contribution in [0.15, 0.2) is 24.3 Å². The van der Waals surface area contributed by atoms with Crippen molar-refractivity contribution in [1.29, 1.82) is 0 Å². The van der Waals surface area contributed by atoms with E-state index in [4.69, 9.17) is 5.73 Å². The average Bonchev–Trinajstić information content (AvgIpc) is 2.38. The molecule has 0 spiro atoms. The summed E-state index contributed by atoms with van der Waals surface area (Å²) in [7, 11) is 0. The number of benzene rings is 1. The first-order chi connectivity index (χ1) is 8.88. The maximum Gasteiger partial charge on any atom is 0.401 e. The van der Waals surface area contributed by atoms with Crippen LogP contribution in [0.4, 0.5) is 13.2 Å². The molecule has 5 heteroatoms. The molecule has 1 aromatic carbocycles. The molecule has 3 N–H and O–H groups in total. The smallest absolute Gasteiger partial charge is 0.328 e. The molecule has 0 heterocycles. The van der Waals surface area contributed by atoms with Gasteiger partial charge in [0.1, 0.15) is 0 Å². The fourth-order valence-corrected chi connectivity index (χ4v) is 2.85. The molecule has 1 aliphatic rings. The summed E-state index contributed by atoms with van der Waals surface area (Å²) in [5.74, 6) is 0.364. The molecular formula is C14H19F3N2. The van der Waals surface area contributed by atoms with Crippen molar-refractivity contribution in [3.8, 4) is 0 Å². The van der Waals surface area contributed by atoms with Crippen LogP contribution in [0.1, 0.15) is 36.8 Å². The van der Waals surface area contributed by atoms with Crippen molar-refractivity contribution in [2.24, 2.45) is 5.73 Å². The number of alkyl halides is 3. The fourth-order valence-electron chi connectivity index (χ4n) is 2.85. The Bertz CT molecular complexity index is 445. The largest absolute Gasteiger partial charge is 0.401 e. The molecule has 1 aromatic rings. The zero-order valence-electron chi connectivity index (χ0n) is 10.9. The van der Waals surface area contributed by atoms with Crippen molar-refractivity contribution in [2.45, 2.75) is 37.4 Å². The summed E-state index contributed by atoms with van der Waals surface area (Å²) in [5, 5.41) is 2.65. The van der Waals surface area contributed by atoms with Gasteiger partial charge in [0, 0.05) is 6.54 Å². The Labute approximate surface area is 111 Å². The van der Waals surface area contributed by atoms with Crippen molar-refractivity contribution in [1.82, 2.24) is 5.32 Å². The highest BCUT2D eigenvalue weighted by molar-refractivity contribution is 5.39. The van der Waals surface area contributed by atoms with Crippen LogP contribution >= 0.6 is 0 Å². The topological polar surface area (TPSA) is 38.0 Å². The van der Waals surface area contributed by atoms with Gasteiger partial charge in [-0.05, 0) is 29.9 Å². The Balaban J connectivity index is 2.33. The molecule has 1 aliphatic carbocycles. The van der Waals surface area contributed by atoms with Gasteiger partial charge < -0.3 is 5.73 Å². The van der Waals surface area contributed by atoms with Crippen molar-refractivity contribution in [3.05, 3.63) is 35.4 Å². The van der Waals surface area contributed by atoms with E-state index in [0.29, 0.717) is 12.3 Å². The van der Waals surface area contributed by atoms with Crippen LogP contribution in [0, 0.1) is 0 Å². The van der Waals surface area contributed by atoms with E-state index in [0.717, 1.165) is 17.5 Å². The lowest BCUT2D eigenvalue weighted by atomic mass is 9.72. The average molecular weight is 272 g/mol. The number of rotatable bonds is 3. The van der Waals surface area contributed by atoms with E-state index in [-0.39, 0.29) is 6.54 Å². The van der Waals surface area contributed by atoms with E-state index in [1.165, 1.54) is 0 Å². The number of nitrogens with two attached hydrogens (primary N) is 1. The lowest BCUT2D eigenvalue weighted by Crippen LogP contribution is -2.53. The molecule has 2 rings (SSSR count). The zero-order chi connectivity index (χ0) is 14.1. The number of hydrogen-bond donors (Lipinski definition) is 2. The summed E-state index contributed by atoms with van der Waals surface area (Å²) >= 11 is 0. The summed E-state index contributed by atoms with van der Waals surface area (Å²) in [4.78, 5) is 0. The van der Waals surface area contributed by atoms with Gasteiger partial charge in [0.25, 0.3) is 0 Å². The molecule has 0 radical (unpaired) electrons. The van der Waals surface area contributed by atoms with Crippen LogP contribution in [-0.4, -0.2) is 19.3 Å². The van der Waals surface area contributed by atoms with Gasteiger partial charge in [-0.25, -0.2) is 0 Å². The molecule has 106 valence electrons. The van der Waals surface area contributed by atoms with Gasteiger partial charge in [0.15, 0.2) is 0 Å². The van der Waals surface area contributed by atoms with Gasteiger partial charge in [-0.3, -0.25) is 5.32 Å². The van der Waals surface area contributed by atoms with Gasteiger partial charge >= 0.3 is 6.18 Å². The van der Waals surface area contributed by atoms with Crippen LogP contribution in [-0.2, 0) is 5.54 Å². The summed E-state index contributed by atoms with van der Waals surface area (Å²) < 4.78 is 37.4. The van der Waals surface area contributed by atoms with E-state index in [9.17, 15) is 13.2 Å². The Morgan fingerprint density at radius 3 is 2.68 bits per heavy atom. The Morgan fingerprint density at radius 1 is 1.37 bits per heavy atom. The molecule has 2 atom stereocenters. The summed E-state index contributed by atoms with van der Waals surface area (Å²) in [6, 6.07) is 7.66. The minimum Gasteiger partial charge on any atom is -0.328 e. The molecule has 0 saturated carbocycles. The normalized spacial score (nSPS) is 27.1. The van der Waals surface area contributed by atoms with Gasteiger partial charge in [-0.1, -0.05) is 31.2 Å².